The molecule has 12 heteroatoms. The predicted molar refractivity (Wildman–Crippen MR) is 96.4 cm³/mol. The number of sulfonamides is 1. The Kier molecular flexibility index (Phi) is 6.91. The molecule has 28 heavy (non-hydrogen) atoms. The smallest absolute Gasteiger partial charge is 0.244 e. The molecule has 0 radical (unpaired) electrons. The van der Waals surface area contributed by atoms with E-state index in [9.17, 15) is 30.0 Å². The van der Waals surface area contributed by atoms with E-state index in [0.29, 0.717) is 19.3 Å². The molecule has 2 rings (SSSR count). The summed E-state index contributed by atoms with van der Waals surface area (Å²) in [7, 11) is -9.73. The van der Waals surface area contributed by atoms with Crippen LogP contribution >= 0.6 is 0 Å². The lowest BCUT2D eigenvalue weighted by molar-refractivity contribution is 0.319. The summed E-state index contributed by atoms with van der Waals surface area (Å²) in [6.45, 7) is -0.935. The van der Waals surface area contributed by atoms with E-state index < -0.39 is 71.2 Å². The molecule has 0 aliphatic heterocycles. The fraction of sp³-hybridized carbons (Fsp3) is 0.375. The lowest BCUT2D eigenvalue weighted by Crippen LogP contribution is -2.26. The zero-order valence-electron chi connectivity index (χ0n) is 14.5. The molecular formula is C16H19F3N2O5S2. The van der Waals surface area contributed by atoms with Gasteiger partial charge in [0.2, 0.25) is 10.0 Å². The summed E-state index contributed by atoms with van der Waals surface area (Å²) in [6, 6.07) is -0.694. The molecule has 0 amide bonds. The minimum absolute atomic E-state index is 0.378. The number of sulfone groups is 1. The molecule has 1 aromatic rings. The molecule has 1 atom stereocenters. The van der Waals surface area contributed by atoms with Crippen LogP contribution in [0.5, 0.6) is 0 Å². The number of hydrogen-bond acceptors (Lipinski definition) is 6. The van der Waals surface area contributed by atoms with Gasteiger partial charge in [-0.2, -0.15) is 0 Å². The van der Waals surface area contributed by atoms with E-state index >= 15 is 0 Å². The Morgan fingerprint density at radius 1 is 1.07 bits per heavy atom. The Hall–Kier alpha value is -1.89. The zero-order valence-corrected chi connectivity index (χ0v) is 16.2. The number of hydrogen-bond donors (Lipinski definition) is 3. The number of benzene rings is 1. The van der Waals surface area contributed by atoms with E-state index in [1.54, 1.807) is 12.2 Å². The van der Waals surface area contributed by atoms with Crippen molar-refractivity contribution in [2.24, 2.45) is 5.14 Å². The number of aliphatic hydroxyl groups excluding tert-OH is 1. The van der Waals surface area contributed by atoms with Gasteiger partial charge >= 0.3 is 0 Å². The number of allylic oxidation sites excluding steroid dienone is 3. The van der Waals surface area contributed by atoms with Crippen molar-refractivity contribution in [3.8, 4) is 0 Å². The highest BCUT2D eigenvalue weighted by atomic mass is 32.2. The summed E-state index contributed by atoms with van der Waals surface area (Å²) in [5.74, 6) is -7.19. The number of nitrogens with one attached hydrogen (secondary N) is 1. The van der Waals surface area contributed by atoms with E-state index in [4.69, 9.17) is 10.2 Å². The first kappa shape index (κ1) is 22.4. The van der Waals surface area contributed by atoms with Crippen LogP contribution in [0.25, 0.3) is 0 Å². The first-order chi connectivity index (χ1) is 13.0. The molecule has 0 bridgehead atoms. The Morgan fingerprint density at radius 3 is 2.32 bits per heavy atom. The fourth-order valence-electron chi connectivity index (χ4n) is 2.74. The summed E-state index contributed by atoms with van der Waals surface area (Å²) in [6.07, 6.45) is 8.39. The van der Waals surface area contributed by atoms with Crippen LogP contribution in [0.4, 0.5) is 18.9 Å². The first-order valence-corrected chi connectivity index (χ1v) is 11.4. The van der Waals surface area contributed by atoms with Crippen molar-refractivity contribution >= 4 is 25.5 Å². The van der Waals surface area contributed by atoms with Gasteiger partial charge in [-0.3, -0.25) is 0 Å². The summed E-state index contributed by atoms with van der Waals surface area (Å²) >= 11 is 0. The minimum atomic E-state index is -5.04. The lowest BCUT2D eigenvalue weighted by atomic mass is 10.1. The van der Waals surface area contributed by atoms with Crippen molar-refractivity contribution < 1.29 is 35.1 Å². The van der Waals surface area contributed by atoms with Gasteiger partial charge in [0.15, 0.2) is 32.2 Å². The number of nitrogens with two attached hydrogens (primary N) is 1. The van der Waals surface area contributed by atoms with Crippen LogP contribution in [0.3, 0.4) is 0 Å². The third-order valence-corrected chi connectivity index (χ3v) is 6.65. The van der Waals surface area contributed by atoms with Gasteiger partial charge < -0.3 is 10.4 Å². The molecule has 0 saturated carbocycles. The van der Waals surface area contributed by atoms with Crippen molar-refractivity contribution in [1.82, 2.24) is 0 Å². The normalized spacial score (nSPS) is 20.2. The lowest BCUT2D eigenvalue weighted by Gasteiger charge is -2.22. The van der Waals surface area contributed by atoms with Crippen molar-refractivity contribution in [1.29, 1.82) is 0 Å². The second-order valence-corrected chi connectivity index (χ2v) is 9.60. The Balaban J connectivity index is 2.77. The fourth-order valence-corrected chi connectivity index (χ4v) is 4.70. The van der Waals surface area contributed by atoms with Crippen LogP contribution in [0.2, 0.25) is 0 Å². The van der Waals surface area contributed by atoms with E-state index in [1.807, 2.05) is 6.08 Å². The maximum Gasteiger partial charge on any atom is 0.244 e. The van der Waals surface area contributed by atoms with E-state index in [-0.39, 0.29) is 0 Å². The van der Waals surface area contributed by atoms with Gasteiger partial charge in [0.25, 0.3) is 0 Å². The molecule has 1 aromatic carbocycles. The molecular weight excluding hydrogens is 421 g/mol. The molecule has 1 aliphatic rings. The van der Waals surface area contributed by atoms with Gasteiger partial charge in [0.05, 0.1) is 18.0 Å². The summed E-state index contributed by atoms with van der Waals surface area (Å²) in [5.41, 5.74) is -1.05. The van der Waals surface area contributed by atoms with Crippen LogP contribution in [0.15, 0.2) is 34.1 Å². The number of rotatable bonds is 6. The van der Waals surface area contributed by atoms with Gasteiger partial charge in [-0.25, -0.2) is 35.1 Å². The van der Waals surface area contributed by atoms with Crippen molar-refractivity contribution in [2.45, 2.75) is 35.1 Å². The molecule has 4 N–H and O–H groups in total. The van der Waals surface area contributed by atoms with Gasteiger partial charge in [-0.15, -0.1) is 0 Å². The van der Waals surface area contributed by atoms with Crippen LogP contribution in [-0.4, -0.2) is 40.3 Å². The standard InChI is InChI=1S/C16H19F3N2O5S2/c17-11-12(18)16(27(23,24)9-8-22)14(13(19)15(11)28(20,25)26)21-10-6-4-2-1-3-5-7-10/h1-2,4,6,10,21-22H,3,5,7-9H2,(H2,20,25,26)/b2-1+,6-4-/t10-/m0/s1. The number of halogens is 3. The Bertz CT molecular complexity index is 1020. The van der Waals surface area contributed by atoms with Crippen molar-refractivity contribution in [2.75, 3.05) is 17.7 Å². The number of primary sulfonamides is 1. The van der Waals surface area contributed by atoms with Gasteiger partial charge in [0.1, 0.15) is 4.90 Å². The van der Waals surface area contributed by atoms with E-state index in [2.05, 4.69) is 5.32 Å². The van der Waals surface area contributed by atoms with E-state index in [1.165, 1.54) is 6.08 Å². The third kappa shape index (κ3) is 4.74. The summed E-state index contributed by atoms with van der Waals surface area (Å²) in [4.78, 5) is -3.17. The average molecular weight is 440 g/mol. The van der Waals surface area contributed by atoms with Crippen molar-refractivity contribution in [3.05, 3.63) is 41.8 Å². The average Bonchev–Trinajstić information content (AvgIpc) is 2.53. The van der Waals surface area contributed by atoms with Crippen LogP contribution in [0, 0.1) is 17.5 Å². The highest BCUT2D eigenvalue weighted by molar-refractivity contribution is 7.91. The number of anilines is 1. The van der Waals surface area contributed by atoms with Gasteiger partial charge in [0, 0.05) is 6.04 Å². The molecule has 7 nitrogen and oxygen atoms in total. The quantitative estimate of drug-likeness (QED) is 0.577. The largest absolute Gasteiger partial charge is 0.395 e. The van der Waals surface area contributed by atoms with Crippen LogP contribution in [0.1, 0.15) is 19.3 Å². The topological polar surface area (TPSA) is 127 Å². The highest BCUT2D eigenvalue weighted by Gasteiger charge is 2.36. The zero-order chi connectivity index (χ0) is 21.1. The molecule has 0 unspecified atom stereocenters. The first-order valence-electron chi connectivity index (χ1n) is 8.17. The maximum atomic E-state index is 14.9. The second-order valence-electron chi connectivity index (χ2n) is 6.06. The SMILES string of the molecule is NS(=O)(=O)c1c(F)c(F)c(S(=O)(=O)CCO)c(N[C@H]2/C=C\C=C\CCC2)c1F. The molecule has 0 spiro atoms. The monoisotopic (exact) mass is 440 g/mol. The van der Waals surface area contributed by atoms with Gasteiger partial charge in [-0.05, 0) is 19.3 Å². The van der Waals surface area contributed by atoms with Gasteiger partial charge in [-0.1, -0.05) is 24.3 Å². The van der Waals surface area contributed by atoms with Crippen molar-refractivity contribution in [3.63, 3.8) is 0 Å². The van der Waals surface area contributed by atoms with Crippen LogP contribution < -0.4 is 10.5 Å². The Labute approximate surface area is 160 Å². The molecule has 0 fully saturated rings. The van der Waals surface area contributed by atoms with Crippen LogP contribution in [-0.2, 0) is 19.9 Å². The predicted octanol–water partition coefficient (Wildman–Crippen LogP) is 1.59. The molecule has 1 aliphatic carbocycles. The summed E-state index contributed by atoms with van der Waals surface area (Å²) < 4.78 is 91.4. The second kappa shape index (κ2) is 8.64. The minimum Gasteiger partial charge on any atom is -0.395 e. The molecule has 0 saturated heterocycles. The highest BCUT2D eigenvalue weighted by Crippen LogP contribution is 2.36. The third-order valence-electron chi connectivity index (χ3n) is 4.00. The molecule has 0 aromatic heterocycles. The number of aliphatic hydroxyl groups is 1. The molecule has 0 heterocycles. The summed E-state index contributed by atoms with van der Waals surface area (Å²) in [5, 5.41) is 16.1. The Morgan fingerprint density at radius 2 is 1.71 bits per heavy atom. The molecule has 156 valence electrons. The maximum absolute atomic E-state index is 14.9. The van der Waals surface area contributed by atoms with E-state index in [0.717, 1.165) is 0 Å².